The Hall–Kier alpha value is -2.73. The van der Waals surface area contributed by atoms with E-state index in [-0.39, 0.29) is 29.7 Å². The monoisotopic (exact) mass is 399 g/mol. The quantitative estimate of drug-likeness (QED) is 0.794. The molecule has 1 heterocycles. The van der Waals surface area contributed by atoms with Gasteiger partial charge in [-0.15, -0.1) is 0 Å². The second-order valence-corrected chi connectivity index (χ2v) is 7.33. The van der Waals surface area contributed by atoms with Crippen LogP contribution in [0.3, 0.4) is 0 Å². The van der Waals surface area contributed by atoms with E-state index in [9.17, 15) is 4.79 Å². The fourth-order valence-electron chi connectivity index (χ4n) is 4.09. The number of carbonyl (C=O) groups excluding carboxylic acids is 1. The first kappa shape index (κ1) is 21.0. The van der Waals surface area contributed by atoms with Crippen molar-refractivity contribution in [2.24, 2.45) is 11.8 Å². The molecule has 0 radical (unpaired) electrons. The van der Waals surface area contributed by atoms with Gasteiger partial charge < -0.3 is 24.3 Å². The van der Waals surface area contributed by atoms with Crippen LogP contribution in [0.1, 0.15) is 37.1 Å². The minimum absolute atomic E-state index is 0.142. The van der Waals surface area contributed by atoms with Crippen LogP contribution in [0.25, 0.3) is 0 Å². The molecule has 1 fully saturated rings. The lowest BCUT2D eigenvalue weighted by atomic mass is 9.76. The zero-order valence-corrected chi connectivity index (χ0v) is 17.8. The summed E-state index contributed by atoms with van der Waals surface area (Å²) < 4.78 is 21.6. The molecule has 4 atom stereocenters. The molecule has 2 aromatic carbocycles. The van der Waals surface area contributed by atoms with Crippen molar-refractivity contribution in [3.63, 3.8) is 0 Å². The highest BCUT2D eigenvalue weighted by molar-refractivity contribution is 5.85. The zero-order valence-electron chi connectivity index (χ0n) is 17.8. The smallest absolute Gasteiger partial charge is 0.161 e. The highest BCUT2D eigenvalue weighted by Crippen LogP contribution is 2.41. The van der Waals surface area contributed by atoms with Crippen LogP contribution in [0.4, 0.5) is 0 Å². The first-order valence-corrected chi connectivity index (χ1v) is 9.68. The van der Waals surface area contributed by atoms with Gasteiger partial charge in [-0.1, -0.05) is 26.0 Å². The third kappa shape index (κ3) is 3.90. The summed E-state index contributed by atoms with van der Waals surface area (Å²) in [5.74, 6) is 2.51. The SMILES string of the molecule is COc1ccc([C@H]2N[C@@H](c3ccc(OC)c(OC)c3)[C@H](C)C(=O)[C@@H]2C)cc1OC. The lowest BCUT2D eigenvalue weighted by molar-refractivity contribution is -0.130. The number of carbonyl (C=O) groups is 1. The minimum atomic E-state index is -0.167. The van der Waals surface area contributed by atoms with E-state index in [1.807, 2.05) is 50.2 Å². The van der Waals surface area contributed by atoms with Gasteiger partial charge in [0.1, 0.15) is 5.78 Å². The van der Waals surface area contributed by atoms with Gasteiger partial charge in [-0.25, -0.2) is 0 Å². The minimum Gasteiger partial charge on any atom is -0.493 e. The van der Waals surface area contributed by atoms with Crippen molar-refractivity contribution in [3.05, 3.63) is 47.5 Å². The molecule has 0 spiro atoms. The van der Waals surface area contributed by atoms with Crippen molar-refractivity contribution in [2.75, 3.05) is 28.4 Å². The van der Waals surface area contributed by atoms with E-state index in [2.05, 4.69) is 5.32 Å². The van der Waals surface area contributed by atoms with Crippen LogP contribution >= 0.6 is 0 Å². The lowest BCUT2D eigenvalue weighted by Gasteiger charge is -2.39. The maximum absolute atomic E-state index is 13.1. The average Bonchev–Trinajstić information content (AvgIpc) is 2.76. The molecule has 1 N–H and O–H groups in total. The highest BCUT2D eigenvalue weighted by Gasteiger charge is 2.40. The predicted molar refractivity (Wildman–Crippen MR) is 111 cm³/mol. The Morgan fingerprint density at radius 3 is 1.38 bits per heavy atom. The second kappa shape index (κ2) is 8.74. The summed E-state index contributed by atoms with van der Waals surface area (Å²) in [4.78, 5) is 13.1. The summed E-state index contributed by atoms with van der Waals surface area (Å²) in [6.07, 6.45) is 0. The molecule has 0 amide bonds. The van der Waals surface area contributed by atoms with Crippen molar-refractivity contribution in [3.8, 4) is 23.0 Å². The van der Waals surface area contributed by atoms with Crippen molar-refractivity contribution in [2.45, 2.75) is 25.9 Å². The van der Waals surface area contributed by atoms with Crippen LogP contribution in [0.15, 0.2) is 36.4 Å². The number of nitrogens with one attached hydrogen (secondary N) is 1. The predicted octanol–water partition coefficient (Wildman–Crippen LogP) is 3.95. The summed E-state index contributed by atoms with van der Waals surface area (Å²) in [5, 5.41) is 3.68. The van der Waals surface area contributed by atoms with E-state index in [4.69, 9.17) is 18.9 Å². The number of piperidine rings is 1. The van der Waals surface area contributed by atoms with Crippen molar-refractivity contribution in [1.82, 2.24) is 5.32 Å². The van der Waals surface area contributed by atoms with Gasteiger partial charge in [-0.3, -0.25) is 4.79 Å². The van der Waals surface area contributed by atoms with Crippen LogP contribution in [-0.2, 0) is 4.79 Å². The van der Waals surface area contributed by atoms with Gasteiger partial charge in [-0.2, -0.15) is 0 Å². The average molecular weight is 399 g/mol. The molecule has 0 saturated carbocycles. The molecular formula is C23H29NO5. The van der Waals surface area contributed by atoms with Gasteiger partial charge in [0.2, 0.25) is 0 Å². The first-order chi connectivity index (χ1) is 13.9. The molecule has 1 aliphatic heterocycles. The summed E-state index contributed by atoms with van der Waals surface area (Å²) in [6, 6.07) is 11.3. The number of benzene rings is 2. The van der Waals surface area contributed by atoms with Gasteiger partial charge in [0.05, 0.1) is 28.4 Å². The van der Waals surface area contributed by atoms with Crippen LogP contribution in [-0.4, -0.2) is 34.2 Å². The molecular weight excluding hydrogens is 370 g/mol. The van der Waals surface area contributed by atoms with Crippen molar-refractivity contribution >= 4 is 5.78 Å². The van der Waals surface area contributed by atoms with Crippen molar-refractivity contribution < 1.29 is 23.7 Å². The molecule has 156 valence electrons. The number of ether oxygens (including phenoxy) is 4. The number of hydrogen-bond acceptors (Lipinski definition) is 6. The third-order valence-electron chi connectivity index (χ3n) is 5.79. The molecule has 2 aromatic rings. The lowest BCUT2D eigenvalue weighted by Crippen LogP contribution is -2.46. The Morgan fingerprint density at radius 1 is 0.655 bits per heavy atom. The molecule has 6 nitrogen and oxygen atoms in total. The molecule has 0 bridgehead atoms. The fraction of sp³-hybridized carbons (Fsp3) is 0.435. The van der Waals surface area contributed by atoms with E-state index in [1.165, 1.54) is 0 Å². The Morgan fingerprint density at radius 2 is 1.03 bits per heavy atom. The van der Waals surface area contributed by atoms with Crippen LogP contribution in [0.2, 0.25) is 0 Å². The zero-order chi connectivity index (χ0) is 21.1. The largest absolute Gasteiger partial charge is 0.493 e. The standard InChI is InChI=1S/C23H29NO5/c1-13-21(15-7-9-17(26-3)19(11-15)28-5)24-22(14(2)23(13)25)16-8-10-18(27-4)20(12-16)29-6/h7-14,21-22,24H,1-6H3/t13-,14+,21+,22-. The summed E-state index contributed by atoms with van der Waals surface area (Å²) in [5.41, 5.74) is 1.97. The first-order valence-electron chi connectivity index (χ1n) is 9.68. The van der Waals surface area contributed by atoms with Gasteiger partial charge in [0.25, 0.3) is 0 Å². The summed E-state index contributed by atoms with van der Waals surface area (Å²) in [7, 11) is 6.44. The van der Waals surface area contributed by atoms with Crippen molar-refractivity contribution in [1.29, 1.82) is 0 Å². The molecule has 1 aliphatic rings. The Kier molecular flexibility index (Phi) is 6.33. The van der Waals surface area contributed by atoms with E-state index in [0.29, 0.717) is 23.0 Å². The van der Waals surface area contributed by atoms with E-state index < -0.39 is 0 Å². The molecule has 0 aliphatic carbocycles. The maximum Gasteiger partial charge on any atom is 0.161 e. The molecule has 0 aromatic heterocycles. The van der Waals surface area contributed by atoms with Crippen LogP contribution < -0.4 is 24.3 Å². The molecule has 3 rings (SSSR count). The Balaban J connectivity index is 1.98. The van der Waals surface area contributed by atoms with E-state index >= 15 is 0 Å². The summed E-state index contributed by atoms with van der Waals surface area (Å²) in [6.45, 7) is 3.94. The van der Waals surface area contributed by atoms with E-state index in [1.54, 1.807) is 28.4 Å². The number of hydrogen-bond donors (Lipinski definition) is 1. The highest BCUT2D eigenvalue weighted by atomic mass is 16.5. The van der Waals surface area contributed by atoms with Crippen LogP contribution in [0, 0.1) is 11.8 Å². The summed E-state index contributed by atoms with van der Waals surface area (Å²) >= 11 is 0. The Bertz CT molecular complexity index is 812. The fourth-order valence-corrected chi connectivity index (χ4v) is 4.09. The Labute approximate surface area is 172 Å². The molecule has 1 saturated heterocycles. The molecule has 29 heavy (non-hydrogen) atoms. The normalized spacial score (nSPS) is 24.1. The maximum atomic E-state index is 13.1. The number of Topliss-reactive ketones (excluding diaryl/α,β-unsaturated/α-hetero) is 1. The second-order valence-electron chi connectivity index (χ2n) is 7.33. The number of ketones is 1. The molecule has 0 unspecified atom stereocenters. The van der Waals surface area contributed by atoms with Gasteiger partial charge >= 0.3 is 0 Å². The topological polar surface area (TPSA) is 66.0 Å². The van der Waals surface area contributed by atoms with Gasteiger partial charge in [-0.05, 0) is 35.4 Å². The molecule has 6 heteroatoms. The van der Waals surface area contributed by atoms with E-state index in [0.717, 1.165) is 11.1 Å². The van der Waals surface area contributed by atoms with Gasteiger partial charge in [0, 0.05) is 23.9 Å². The third-order valence-corrected chi connectivity index (χ3v) is 5.79. The van der Waals surface area contributed by atoms with Gasteiger partial charge in [0.15, 0.2) is 23.0 Å². The number of rotatable bonds is 6. The number of methoxy groups -OCH3 is 4. The van der Waals surface area contributed by atoms with Crippen LogP contribution in [0.5, 0.6) is 23.0 Å².